The van der Waals surface area contributed by atoms with Gasteiger partial charge in [0.15, 0.2) is 6.10 Å². The molecule has 2 aromatic rings. The Morgan fingerprint density at radius 3 is 1.83 bits per heavy atom. The van der Waals surface area contributed by atoms with Crippen LogP contribution in [0, 0.1) is 11.8 Å². The number of nitrogens with zero attached hydrogens (tertiary/aromatic N) is 6. The molecule has 46 heavy (non-hydrogen) atoms. The van der Waals surface area contributed by atoms with E-state index in [0.29, 0.717) is 19.8 Å². The van der Waals surface area contributed by atoms with Crippen molar-refractivity contribution in [3.8, 4) is 0 Å². The molecule has 8 atom stereocenters. The zero-order chi connectivity index (χ0) is 33.3. The lowest BCUT2D eigenvalue weighted by Crippen LogP contribution is -2.56. The molecule has 2 heterocycles. The van der Waals surface area contributed by atoms with E-state index in [-0.39, 0.29) is 24.7 Å². The third-order valence-electron chi connectivity index (χ3n) is 7.31. The first-order valence-corrected chi connectivity index (χ1v) is 14.9. The van der Waals surface area contributed by atoms with Crippen LogP contribution in [0.1, 0.15) is 38.8 Å². The second kappa shape index (κ2) is 19.1. The number of carbonyl (C=O) groups excluding carboxylic acids is 2. The Balaban J connectivity index is 0.000000266. The van der Waals surface area contributed by atoms with Crippen molar-refractivity contribution in [1.29, 1.82) is 0 Å². The van der Waals surface area contributed by atoms with E-state index in [4.69, 9.17) is 39.5 Å². The maximum atomic E-state index is 11.4. The number of azide groups is 2. The highest BCUT2D eigenvalue weighted by molar-refractivity contribution is 5.67. The first-order chi connectivity index (χ1) is 22.2. The number of hydrogen-bond acceptors (Lipinski definition) is 10. The van der Waals surface area contributed by atoms with Crippen LogP contribution in [0.2, 0.25) is 0 Å². The monoisotopic (exact) mass is 636 g/mol. The van der Waals surface area contributed by atoms with Gasteiger partial charge in [0.2, 0.25) is 6.29 Å². The molecule has 2 aromatic carbocycles. The lowest BCUT2D eigenvalue weighted by molar-refractivity contribution is -0.263. The highest BCUT2D eigenvalue weighted by Gasteiger charge is 2.47. The maximum absolute atomic E-state index is 11.4. The van der Waals surface area contributed by atoms with E-state index in [1.165, 1.54) is 13.8 Å². The molecule has 2 aliphatic heterocycles. The van der Waals surface area contributed by atoms with Crippen molar-refractivity contribution in [2.24, 2.45) is 22.1 Å². The van der Waals surface area contributed by atoms with Gasteiger partial charge < -0.3 is 28.4 Å². The summed E-state index contributed by atoms with van der Waals surface area (Å²) in [7, 11) is 0. The van der Waals surface area contributed by atoms with Crippen molar-refractivity contribution >= 4 is 11.9 Å². The Labute approximate surface area is 267 Å². The van der Waals surface area contributed by atoms with E-state index < -0.39 is 42.4 Å². The van der Waals surface area contributed by atoms with Crippen LogP contribution in [0.5, 0.6) is 0 Å². The van der Waals surface area contributed by atoms with Gasteiger partial charge in [0, 0.05) is 29.6 Å². The molecule has 4 rings (SSSR count). The van der Waals surface area contributed by atoms with E-state index in [1.807, 2.05) is 73.7 Å². The molecule has 0 spiro atoms. The minimum absolute atomic E-state index is 0.119. The minimum Gasteiger partial charge on any atom is -0.495 e. The standard InChI is InChI=1S/C18H23N3O6.C14H17N3O2/c1-11-16(20-21-19)15(10-24-9-14-7-5-4-6-8-14)27-18(26-13(3)23)17(11)25-12(2)22;1-11-7-8-19-13(14(11)16-17-15)10-18-9-12-5-3-2-4-6-12/h4-8,11,15-18H,9-10H2,1-3H3;2-8,11,13-14H,9-10H2,1H3/t11-,15?,16+,17?,18+;11-,13?,14-/m01/s1. The van der Waals surface area contributed by atoms with Gasteiger partial charge in [-0.15, -0.1) is 0 Å². The Bertz CT molecular complexity index is 1370. The average Bonchev–Trinajstić information content (AvgIpc) is 3.03. The Hall–Kier alpha value is -4.58. The number of rotatable bonds is 12. The van der Waals surface area contributed by atoms with Crippen molar-refractivity contribution in [3.05, 3.63) is 105 Å². The maximum Gasteiger partial charge on any atom is 0.305 e. The van der Waals surface area contributed by atoms with Crippen LogP contribution in [0.25, 0.3) is 20.9 Å². The largest absolute Gasteiger partial charge is 0.495 e. The first-order valence-electron chi connectivity index (χ1n) is 14.9. The van der Waals surface area contributed by atoms with E-state index in [2.05, 4.69) is 20.1 Å². The molecule has 3 unspecified atom stereocenters. The van der Waals surface area contributed by atoms with Crippen molar-refractivity contribution in [1.82, 2.24) is 0 Å². The molecular formula is C32H40N6O8. The summed E-state index contributed by atoms with van der Waals surface area (Å²) >= 11 is 0. The quantitative estimate of drug-likeness (QED) is 0.114. The molecule has 0 saturated carbocycles. The summed E-state index contributed by atoms with van der Waals surface area (Å²) in [5.74, 6) is -1.40. The second-order valence-electron chi connectivity index (χ2n) is 10.8. The van der Waals surface area contributed by atoms with Crippen LogP contribution in [0.3, 0.4) is 0 Å². The van der Waals surface area contributed by atoms with Crippen LogP contribution in [-0.4, -0.2) is 61.8 Å². The van der Waals surface area contributed by atoms with E-state index in [1.54, 1.807) is 13.2 Å². The lowest BCUT2D eigenvalue weighted by atomic mass is 9.89. The molecule has 1 fully saturated rings. The smallest absolute Gasteiger partial charge is 0.305 e. The molecule has 1 saturated heterocycles. The Kier molecular flexibility index (Phi) is 14.9. The third-order valence-corrected chi connectivity index (χ3v) is 7.31. The molecule has 246 valence electrons. The van der Waals surface area contributed by atoms with Crippen LogP contribution in [0.15, 0.2) is 83.2 Å². The molecule has 2 aliphatic rings. The predicted octanol–water partition coefficient (Wildman–Crippen LogP) is 6.17. The topological polar surface area (TPSA) is 187 Å². The van der Waals surface area contributed by atoms with Crippen molar-refractivity contribution < 1.29 is 38.0 Å². The van der Waals surface area contributed by atoms with Crippen molar-refractivity contribution in [2.75, 3.05) is 13.2 Å². The fourth-order valence-corrected chi connectivity index (χ4v) is 5.02. The zero-order valence-electron chi connectivity index (χ0n) is 26.3. The predicted molar refractivity (Wildman–Crippen MR) is 166 cm³/mol. The normalized spacial score (nSPS) is 26.5. The van der Waals surface area contributed by atoms with Crippen molar-refractivity contribution in [2.45, 2.75) is 77.6 Å². The van der Waals surface area contributed by atoms with Crippen molar-refractivity contribution in [3.63, 3.8) is 0 Å². The van der Waals surface area contributed by atoms with Gasteiger partial charge in [0.1, 0.15) is 6.10 Å². The second-order valence-corrected chi connectivity index (χ2v) is 10.8. The summed E-state index contributed by atoms with van der Waals surface area (Å²) in [5.41, 5.74) is 19.6. The highest BCUT2D eigenvalue weighted by Crippen LogP contribution is 2.32. The van der Waals surface area contributed by atoms with Gasteiger partial charge in [-0.05, 0) is 34.2 Å². The van der Waals surface area contributed by atoms with Crippen LogP contribution in [0.4, 0.5) is 0 Å². The SMILES string of the molecule is CC(=O)OC1[C@H](OC(C)=O)OC(COCc2ccccc2)[C@H](N=[N+]=[N-])[C@@H]1C.C[C@@H]1C=COC(COCc2ccccc2)[C@@H]1N=[N+]=[N-]. The molecule has 0 amide bonds. The van der Waals surface area contributed by atoms with Gasteiger partial charge in [-0.2, -0.15) is 0 Å². The lowest BCUT2D eigenvalue weighted by Gasteiger charge is -2.42. The molecule has 0 N–H and O–H groups in total. The zero-order valence-corrected chi connectivity index (χ0v) is 26.3. The van der Waals surface area contributed by atoms with Crippen LogP contribution >= 0.6 is 0 Å². The molecule has 14 nitrogen and oxygen atoms in total. The fraction of sp³-hybridized carbons (Fsp3) is 0.500. The molecule has 0 radical (unpaired) electrons. The number of esters is 2. The minimum atomic E-state index is -1.10. The Morgan fingerprint density at radius 1 is 0.783 bits per heavy atom. The molecular weight excluding hydrogens is 596 g/mol. The fourth-order valence-electron chi connectivity index (χ4n) is 5.02. The molecule has 14 heteroatoms. The summed E-state index contributed by atoms with van der Waals surface area (Å²) in [6, 6.07) is 18.6. The van der Waals surface area contributed by atoms with E-state index in [9.17, 15) is 9.59 Å². The number of benzene rings is 2. The third kappa shape index (κ3) is 11.4. The van der Waals surface area contributed by atoms with Gasteiger partial charge in [0.25, 0.3) is 0 Å². The number of carbonyl (C=O) groups is 2. The summed E-state index contributed by atoms with van der Waals surface area (Å²) in [5, 5.41) is 7.58. The van der Waals surface area contributed by atoms with Crippen LogP contribution < -0.4 is 0 Å². The molecule has 0 bridgehead atoms. The Morgan fingerprint density at radius 2 is 1.30 bits per heavy atom. The average molecular weight is 637 g/mol. The summed E-state index contributed by atoms with van der Waals surface area (Å²) in [6.07, 6.45) is 0.692. The summed E-state index contributed by atoms with van der Waals surface area (Å²) in [4.78, 5) is 28.6. The van der Waals surface area contributed by atoms with Crippen LogP contribution in [-0.2, 0) is 51.2 Å². The first kappa shape index (κ1) is 35.9. The number of ether oxygens (including phenoxy) is 6. The van der Waals surface area contributed by atoms with Gasteiger partial charge in [0.05, 0.1) is 50.9 Å². The van der Waals surface area contributed by atoms with Gasteiger partial charge in [-0.1, -0.05) is 84.7 Å². The van der Waals surface area contributed by atoms with Gasteiger partial charge in [-0.25, -0.2) is 0 Å². The summed E-state index contributed by atoms with van der Waals surface area (Å²) < 4.78 is 33.0. The van der Waals surface area contributed by atoms with E-state index >= 15 is 0 Å². The van der Waals surface area contributed by atoms with Gasteiger partial charge >= 0.3 is 11.9 Å². The van der Waals surface area contributed by atoms with Gasteiger partial charge in [-0.3, -0.25) is 9.59 Å². The number of hydrogen-bond donors (Lipinski definition) is 0. The summed E-state index contributed by atoms with van der Waals surface area (Å²) in [6.45, 7) is 7.64. The highest BCUT2D eigenvalue weighted by atomic mass is 16.7. The molecule has 0 aromatic heterocycles. The van der Waals surface area contributed by atoms with E-state index in [0.717, 1.165) is 11.1 Å². The molecule has 0 aliphatic carbocycles.